The summed E-state index contributed by atoms with van der Waals surface area (Å²) in [7, 11) is 0. The number of fused-ring (bicyclic) bond motifs is 1. The number of rotatable bonds is 1. The first-order valence-electron chi connectivity index (χ1n) is 3.08. The molecule has 2 heterocycles. The summed E-state index contributed by atoms with van der Waals surface area (Å²) in [5, 5.41) is 10.3. The second-order valence-electron chi connectivity index (χ2n) is 2.19. The Labute approximate surface area is 61.6 Å². The molecule has 1 atom stereocenters. The Morgan fingerprint density at radius 2 is 2.73 bits per heavy atom. The molecular formula is C5H5N3O3. The lowest BCUT2D eigenvalue weighted by Crippen LogP contribution is -2.16. The van der Waals surface area contributed by atoms with Crippen LogP contribution in [0.15, 0.2) is 12.4 Å². The molecule has 1 aliphatic heterocycles. The van der Waals surface area contributed by atoms with Crippen LogP contribution in [0.25, 0.3) is 0 Å². The summed E-state index contributed by atoms with van der Waals surface area (Å²) in [4.78, 5) is 13.7. The van der Waals surface area contributed by atoms with Gasteiger partial charge in [-0.15, -0.1) is 0 Å². The first-order chi connectivity index (χ1) is 5.29. The largest absolute Gasteiger partial charge is 0.455 e. The van der Waals surface area contributed by atoms with Crippen LogP contribution < -0.4 is 4.74 Å². The van der Waals surface area contributed by atoms with Gasteiger partial charge in [0.15, 0.2) is 6.61 Å². The van der Waals surface area contributed by atoms with Gasteiger partial charge < -0.3 is 4.74 Å². The highest BCUT2D eigenvalue weighted by atomic mass is 16.6. The second-order valence-corrected chi connectivity index (χ2v) is 2.19. The second kappa shape index (κ2) is 1.94. The molecular weight excluding hydrogens is 150 g/mol. The van der Waals surface area contributed by atoms with Crippen molar-refractivity contribution in [1.29, 1.82) is 0 Å². The number of nitro groups is 1. The lowest BCUT2D eigenvalue weighted by Gasteiger charge is -1.98. The van der Waals surface area contributed by atoms with Gasteiger partial charge in [-0.1, -0.05) is 0 Å². The summed E-state index contributed by atoms with van der Waals surface area (Å²) in [6.45, 7) is 0.0795. The van der Waals surface area contributed by atoms with Crippen LogP contribution >= 0.6 is 0 Å². The van der Waals surface area contributed by atoms with Crippen LogP contribution in [0.2, 0.25) is 0 Å². The van der Waals surface area contributed by atoms with Gasteiger partial charge in [0.25, 0.3) is 0 Å². The lowest BCUT2D eigenvalue weighted by atomic mass is 10.5. The zero-order valence-electron chi connectivity index (χ0n) is 5.51. The van der Waals surface area contributed by atoms with E-state index in [2.05, 4.69) is 4.98 Å². The van der Waals surface area contributed by atoms with Crippen molar-refractivity contribution < 1.29 is 9.66 Å². The fourth-order valence-corrected chi connectivity index (χ4v) is 1.03. The van der Waals surface area contributed by atoms with E-state index in [1.54, 1.807) is 0 Å². The minimum atomic E-state index is -0.799. The van der Waals surface area contributed by atoms with Gasteiger partial charge in [0.2, 0.25) is 0 Å². The molecule has 1 aromatic heterocycles. The van der Waals surface area contributed by atoms with Crippen molar-refractivity contribution in [1.82, 2.24) is 9.55 Å². The maximum atomic E-state index is 10.3. The molecule has 2 rings (SSSR count). The number of ether oxygens (including phenoxy) is 1. The minimum Gasteiger partial charge on any atom is -0.455 e. The van der Waals surface area contributed by atoms with E-state index in [0.29, 0.717) is 6.01 Å². The van der Waals surface area contributed by atoms with Gasteiger partial charge in [0, 0.05) is 17.3 Å². The molecule has 58 valence electrons. The zero-order chi connectivity index (χ0) is 7.84. The van der Waals surface area contributed by atoms with Gasteiger partial charge in [-0.05, 0) is 0 Å². The molecule has 0 radical (unpaired) electrons. The van der Waals surface area contributed by atoms with Crippen LogP contribution in [-0.2, 0) is 0 Å². The average molecular weight is 155 g/mol. The van der Waals surface area contributed by atoms with E-state index >= 15 is 0 Å². The molecule has 6 heteroatoms. The van der Waals surface area contributed by atoms with Gasteiger partial charge in [-0.25, -0.2) is 9.55 Å². The molecule has 11 heavy (non-hydrogen) atoms. The topological polar surface area (TPSA) is 70.2 Å². The highest BCUT2D eigenvalue weighted by Crippen LogP contribution is 2.23. The highest BCUT2D eigenvalue weighted by Gasteiger charge is 2.32. The Hall–Kier alpha value is -1.59. The van der Waals surface area contributed by atoms with Gasteiger partial charge in [0.1, 0.15) is 0 Å². The molecule has 0 spiro atoms. The molecule has 0 aromatic carbocycles. The molecule has 0 amide bonds. The molecule has 1 aliphatic rings. The molecule has 1 unspecified atom stereocenters. The predicted octanol–water partition coefficient (Wildman–Crippen LogP) is 0.0508. The van der Waals surface area contributed by atoms with Crippen molar-refractivity contribution >= 4 is 0 Å². The van der Waals surface area contributed by atoms with Crippen LogP contribution in [0, 0.1) is 10.1 Å². The van der Waals surface area contributed by atoms with Crippen LogP contribution in [0.5, 0.6) is 6.01 Å². The normalized spacial score (nSPS) is 20.9. The Morgan fingerprint density at radius 1 is 1.91 bits per heavy atom. The third-order valence-corrected chi connectivity index (χ3v) is 1.56. The standard InChI is InChI=1S/C5H5N3O3/c9-8(10)4-3-11-5-6-1-2-7(4)5/h1-2,4H,3H2. The maximum Gasteiger partial charge on any atom is 0.328 e. The summed E-state index contributed by atoms with van der Waals surface area (Å²) in [5.41, 5.74) is 0. The summed E-state index contributed by atoms with van der Waals surface area (Å²) in [6, 6.07) is 0.326. The summed E-state index contributed by atoms with van der Waals surface area (Å²) >= 11 is 0. The fraction of sp³-hybridized carbons (Fsp3) is 0.400. The van der Waals surface area contributed by atoms with Gasteiger partial charge in [0.05, 0.1) is 0 Å². The molecule has 0 saturated carbocycles. The number of imidazole rings is 1. The SMILES string of the molecule is O=[N+]([O-])C1COc2nccn21. The van der Waals surface area contributed by atoms with Gasteiger partial charge >= 0.3 is 12.2 Å². The first-order valence-corrected chi connectivity index (χ1v) is 3.08. The van der Waals surface area contributed by atoms with Crippen molar-refractivity contribution in [2.75, 3.05) is 6.61 Å². The van der Waals surface area contributed by atoms with Crippen LogP contribution in [-0.4, -0.2) is 21.1 Å². The van der Waals surface area contributed by atoms with Gasteiger partial charge in [-0.3, -0.25) is 10.1 Å². The molecule has 6 nitrogen and oxygen atoms in total. The molecule has 0 aliphatic carbocycles. The third kappa shape index (κ3) is 0.754. The van der Waals surface area contributed by atoms with Crippen LogP contribution in [0.4, 0.5) is 0 Å². The Balaban J connectivity index is 2.38. The predicted molar refractivity (Wildman–Crippen MR) is 33.8 cm³/mol. The van der Waals surface area contributed by atoms with E-state index in [0.717, 1.165) is 0 Å². The monoisotopic (exact) mass is 155 g/mol. The van der Waals surface area contributed by atoms with E-state index in [-0.39, 0.29) is 6.61 Å². The molecule has 1 aromatic rings. The van der Waals surface area contributed by atoms with E-state index in [9.17, 15) is 10.1 Å². The maximum absolute atomic E-state index is 10.3. The molecule has 0 N–H and O–H groups in total. The smallest absolute Gasteiger partial charge is 0.328 e. The highest BCUT2D eigenvalue weighted by molar-refractivity contribution is 5.03. The zero-order valence-corrected chi connectivity index (χ0v) is 5.51. The van der Waals surface area contributed by atoms with Gasteiger partial charge in [-0.2, -0.15) is 0 Å². The summed E-state index contributed by atoms with van der Waals surface area (Å²) < 4.78 is 6.33. The Kier molecular flexibility index (Phi) is 1.09. The first kappa shape index (κ1) is 6.14. The number of hydrogen-bond acceptors (Lipinski definition) is 4. The lowest BCUT2D eigenvalue weighted by molar-refractivity contribution is -0.545. The molecule has 0 saturated heterocycles. The molecule has 0 bridgehead atoms. The molecule has 0 fully saturated rings. The third-order valence-electron chi connectivity index (χ3n) is 1.56. The van der Waals surface area contributed by atoms with Crippen LogP contribution in [0.1, 0.15) is 6.17 Å². The average Bonchev–Trinajstić information content (AvgIpc) is 2.41. The fourth-order valence-electron chi connectivity index (χ4n) is 1.03. The quantitative estimate of drug-likeness (QED) is 0.424. The Bertz CT molecular complexity index is 295. The van der Waals surface area contributed by atoms with Crippen molar-refractivity contribution in [3.63, 3.8) is 0 Å². The minimum absolute atomic E-state index is 0.0795. The van der Waals surface area contributed by atoms with E-state index in [1.165, 1.54) is 17.0 Å². The number of hydrogen-bond donors (Lipinski definition) is 0. The van der Waals surface area contributed by atoms with Crippen molar-refractivity contribution in [3.05, 3.63) is 22.5 Å². The van der Waals surface area contributed by atoms with E-state index < -0.39 is 11.1 Å². The summed E-state index contributed by atoms with van der Waals surface area (Å²) in [5.74, 6) is 0. The van der Waals surface area contributed by atoms with E-state index in [4.69, 9.17) is 4.74 Å². The van der Waals surface area contributed by atoms with Crippen LogP contribution in [0.3, 0.4) is 0 Å². The van der Waals surface area contributed by atoms with Crippen molar-refractivity contribution in [2.45, 2.75) is 6.17 Å². The Morgan fingerprint density at radius 3 is 3.45 bits per heavy atom. The number of nitrogens with zero attached hydrogens (tertiary/aromatic N) is 3. The van der Waals surface area contributed by atoms with E-state index in [1.807, 2.05) is 0 Å². The van der Waals surface area contributed by atoms with Crippen molar-refractivity contribution in [2.24, 2.45) is 0 Å². The number of aromatic nitrogens is 2. The van der Waals surface area contributed by atoms with Crippen molar-refractivity contribution in [3.8, 4) is 6.01 Å². The summed E-state index contributed by atoms with van der Waals surface area (Å²) in [6.07, 6.45) is 2.22.